The van der Waals surface area contributed by atoms with E-state index in [1.165, 1.54) is 13.8 Å². The lowest BCUT2D eigenvalue weighted by atomic mass is 9.90. The van der Waals surface area contributed by atoms with Gasteiger partial charge in [0.2, 0.25) is 5.91 Å². The van der Waals surface area contributed by atoms with E-state index in [-0.39, 0.29) is 18.3 Å². The Hall–Kier alpha value is -1.88. The molecule has 21 heavy (non-hydrogen) atoms. The fraction of sp³-hybridized carbons (Fsp3) is 0.400. The maximum absolute atomic E-state index is 12.0. The van der Waals surface area contributed by atoms with E-state index in [2.05, 4.69) is 5.32 Å². The van der Waals surface area contributed by atoms with Gasteiger partial charge in [0.25, 0.3) is 0 Å². The van der Waals surface area contributed by atoms with Gasteiger partial charge in [-0.15, -0.1) is 0 Å². The Morgan fingerprint density at radius 3 is 2.19 bits per heavy atom. The van der Waals surface area contributed by atoms with Crippen molar-refractivity contribution in [2.45, 2.75) is 26.8 Å². The second-order valence-electron chi connectivity index (χ2n) is 4.57. The lowest BCUT2D eigenvalue weighted by Crippen LogP contribution is -2.40. The van der Waals surface area contributed by atoms with Crippen molar-refractivity contribution >= 4 is 29.3 Å². The van der Waals surface area contributed by atoms with Crippen molar-refractivity contribution in [3.63, 3.8) is 0 Å². The van der Waals surface area contributed by atoms with E-state index in [0.29, 0.717) is 10.6 Å². The summed E-state index contributed by atoms with van der Waals surface area (Å²) >= 11 is 5.83. The number of nitrogens with one attached hydrogen (secondary N) is 1. The average Bonchev–Trinajstić information content (AvgIpc) is 2.38. The number of ketones is 1. The molecule has 0 aliphatic carbocycles. The van der Waals surface area contributed by atoms with Crippen molar-refractivity contribution in [1.82, 2.24) is 5.32 Å². The van der Waals surface area contributed by atoms with E-state index >= 15 is 0 Å². The molecule has 0 aliphatic heterocycles. The molecule has 0 spiro atoms. The summed E-state index contributed by atoms with van der Waals surface area (Å²) in [4.78, 5) is 35.3. The standard InChI is InChI=1S/C15H18ClNO4/c1-4-21-15(20)13(9(2)18)14(17-10(3)19)11-5-7-12(16)8-6-11/h5-8,13-14H,4H2,1-3H3,(H,17,19)/t13-,14-/m1/s1. The van der Waals surface area contributed by atoms with Gasteiger partial charge in [-0.05, 0) is 31.5 Å². The minimum absolute atomic E-state index is 0.163. The maximum Gasteiger partial charge on any atom is 0.318 e. The van der Waals surface area contributed by atoms with Crippen LogP contribution in [0.5, 0.6) is 0 Å². The second-order valence-corrected chi connectivity index (χ2v) is 5.01. The van der Waals surface area contributed by atoms with Crippen LogP contribution < -0.4 is 5.32 Å². The zero-order valence-corrected chi connectivity index (χ0v) is 12.9. The number of benzene rings is 1. The van der Waals surface area contributed by atoms with Gasteiger partial charge >= 0.3 is 5.97 Å². The van der Waals surface area contributed by atoms with Crippen LogP contribution in [-0.2, 0) is 19.1 Å². The predicted molar refractivity (Wildman–Crippen MR) is 78.8 cm³/mol. The molecule has 0 saturated heterocycles. The summed E-state index contributed by atoms with van der Waals surface area (Å²) in [5.41, 5.74) is 0.614. The van der Waals surface area contributed by atoms with Crippen LogP contribution in [0.15, 0.2) is 24.3 Å². The highest BCUT2D eigenvalue weighted by Crippen LogP contribution is 2.26. The highest BCUT2D eigenvalue weighted by Gasteiger charge is 2.35. The molecule has 0 bridgehead atoms. The lowest BCUT2D eigenvalue weighted by Gasteiger charge is -2.24. The molecule has 0 fully saturated rings. The van der Waals surface area contributed by atoms with Gasteiger partial charge in [-0.1, -0.05) is 23.7 Å². The minimum atomic E-state index is -1.09. The number of carbonyl (C=O) groups excluding carboxylic acids is 3. The molecule has 114 valence electrons. The first-order valence-electron chi connectivity index (χ1n) is 6.56. The fourth-order valence-corrected chi connectivity index (χ4v) is 2.14. The van der Waals surface area contributed by atoms with Gasteiger partial charge in [-0.25, -0.2) is 0 Å². The fourth-order valence-electron chi connectivity index (χ4n) is 2.02. The van der Waals surface area contributed by atoms with Crippen molar-refractivity contribution in [3.05, 3.63) is 34.9 Å². The summed E-state index contributed by atoms with van der Waals surface area (Å²) in [6.07, 6.45) is 0. The molecule has 0 aromatic heterocycles. The Kier molecular flexibility index (Phi) is 6.37. The summed E-state index contributed by atoms with van der Waals surface area (Å²) < 4.78 is 4.94. The van der Waals surface area contributed by atoms with E-state index in [9.17, 15) is 14.4 Å². The second kappa shape index (κ2) is 7.78. The number of Topliss-reactive ketones (excluding diaryl/α,β-unsaturated/α-hetero) is 1. The first-order valence-corrected chi connectivity index (χ1v) is 6.94. The van der Waals surface area contributed by atoms with Gasteiger partial charge in [0.05, 0.1) is 12.6 Å². The van der Waals surface area contributed by atoms with Crippen LogP contribution in [0.3, 0.4) is 0 Å². The number of halogens is 1. The van der Waals surface area contributed by atoms with E-state index in [1.807, 2.05) is 0 Å². The summed E-state index contributed by atoms with van der Waals surface area (Å²) in [6.45, 7) is 4.44. The number of rotatable bonds is 6. The molecule has 0 unspecified atom stereocenters. The number of ether oxygens (including phenoxy) is 1. The van der Waals surface area contributed by atoms with Gasteiger partial charge in [-0.3, -0.25) is 14.4 Å². The molecule has 1 aromatic rings. The van der Waals surface area contributed by atoms with Crippen LogP contribution in [0.2, 0.25) is 5.02 Å². The van der Waals surface area contributed by atoms with E-state index in [0.717, 1.165) is 0 Å². The highest BCUT2D eigenvalue weighted by molar-refractivity contribution is 6.30. The third-order valence-electron chi connectivity index (χ3n) is 2.90. The van der Waals surface area contributed by atoms with Gasteiger partial charge in [0, 0.05) is 11.9 Å². The van der Waals surface area contributed by atoms with Crippen LogP contribution >= 0.6 is 11.6 Å². The molecule has 1 amide bonds. The Labute approximate surface area is 128 Å². The molecule has 5 nitrogen and oxygen atoms in total. The number of hydrogen-bond donors (Lipinski definition) is 1. The molecule has 0 radical (unpaired) electrons. The summed E-state index contributed by atoms with van der Waals surface area (Å²) in [7, 11) is 0. The third-order valence-corrected chi connectivity index (χ3v) is 3.15. The van der Waals surface area contributed by atoms with E-state index in [4.69, 9.17) is 16.3 Å². The molecule has 0 heterocycles. The van der Waals surface area contributed by atoms with Gasteiger partial charge in [0.1, 0.15) is 11.7 Å². The van der Waals surface area contributed by atoms with Crippen molar-refractivity contribution < 1.29 is 19.1 Å². The molecule has 2 atom stereocenters. The van der Waals surface area contributed by atoms with Crippen LogP contribution in [0.1, 0.15) is 32.4 Å². The van der Waals surface area contributed by atoms with Crippen molar-refractivity contribution in [3.8, 4) is 0 Å². The number of carbonyl (C=O) groups is 3. The monoisotopic (exact) mass is 311 g/mol. The average molecular weight is 312 g/mol. The van der Waals surface area contributed by atoms with E-state index < -0.39 is 17.9 Å². The zero-order valence-electron chi connectivity index (χ0n) is 12.2. The van der Waals surface area contributed by atoms with Crippen LogP contribution in [0.25, 0.3) is 0 Å². The lowest BCUT2D eigenvalue weighted by molar-refractivity contribution is -0.152. The summed E-state index contributed by atoms with van der Waals surface area (Å²) in [5.74, 6) is -2.46. The SMILES string of the molecule is CCOC(=O)[C@H](C(C)=O)[C@H](NC(C)=O)c1ccc(Cl)cc1. The molecule has 1 N–H and O–H groups in total. The van der Waals surface area contributed by atoms with Crippen molar-refractivity contribution in [2.75, 3.05) is 6.61 Å². The maximum atomic E-state index is 12.0. The van der Waals surface area contributed by atoms with Crippen LogP contribution in [-0.4, -0.2) is 24.3 Å². The van der Waals surface area contributed by atoms with Gasteiger partial charge in [0.15, 0.2) is 0 Å². The largest absolute Gasteiger partial charge is 0.465 e. The summed E-state index contributed by atoms with van der Waals surface area (Å²) in [6, 6.07) is 5.81. The molecule has 0 aliphatic rings. The quantitative estimate of drug-likeness (QED) is 0.646. The Morgan fingerprint density at radius 1 is 1.19 bits per heavy atom. The molecule has 1 rings (SSSR count). The molecule has 1 aromatic carbocycles. The van der Waals surface area contributed by atoms with Gasteiger partial charge in [-0.2, -0.15) is 0 Å². The minimum Gasteiger partial charge on any atom is -0.465 e. The Bertz CT molecular complexity index is 527. The molecule has 0 saturated carbocycles. The third kappa shape index (κ3) is 4.86. The smallest absolute Gasteiger partial charge is 0.318 e. The first kappa shape index (κ1) is 17.2. The normalized spacial score (nSPS) is 13.1. The number of esters is 1. The van der Waals surface area contributed by atoms with E-state index in [1.54, 1.807) is 31.2 Å². The predicted octanol–water partition coefficient (Wildman–Crippen LogP) is 2.29. The first-order chi connectivity index (χ1) is 9.86. The van der Waals surface area contributed by atoms with Crippen LogP contribution in [0, 0.1) is 5.92 Å². The van der Waals surface area contributed by atoms with Crippen molar-refractivity contribution in [2.24, 2.45) is 5.92 Å². The Balaban J connectivity index is 3.19. The number of hydrogen-bond acceptors (Lipinski definition) is 4. The number of amides is 1. The topological polar surface area (TPSA) is 72.5 Å². The Morgan fingerprint density at radius 2 is 1.76 bits per heavy atom. The van der Waals surface area contributed by atoms with Crippen molar-refractivity contribution in [1.29, 1.82) is 0 Å². The molecular formula is C15H18ClNO4. The summed E-state index contributed by atoms with van der Waals surface area (Å²) in [5, 5.41) is 3.16. The van der Waals surface area contributed by atoms with Crippen LogP contribution in [0.4, 0.5) is 0 Å². The molecule has 6 heteroatoms. The van der Waals surface area contributed by atoms with Gasteiger partial charge < -0.3 is 10.1 Å². The highest BCUT2D eigenvalue weighted by atomic mass is 35.5. The zero-order chi connectivity index (χ0) is 16.0. The molecular weight excluding hydrogens is 294 g/mol.